The Morgan fingerprint density at radius 3 is 1.12 bits per heavy atom. The zero-order chi connectivity index (χ0) is 47.8. The van der Waals surface area contributed by atoms with Gasteiger partial charge in [-0.1, -0.05) is 195 Å². The van der Waals surface area contributed by atoms with Gasteiger partial charge in [0.2, 0.25) is 0 Å². The maximum absolute atomic E-state index is 12.9. The molecule has 8 nitrogen and oxygen atoms in total. The van der Waals surface area contributed by atoms with Gasteiger partial charge in [-0.15, -0.1) is 0 Å². The highest BCUT2D eigenvalue weighted by Crippen LogP contribution is 2.22. The van der Waals surface area contributed by atoms with Gasteiger partial charge in [-0.3, -0.25) is 14.5 Å². The number of hydrogen-bond acceptors (Lipinski definition) is 8. The molecule has 0 amide bonds. The zero-order valence-corrected chi connectivity index (χ0v) is 44.9. The van der Waals surface area contributed by atoms with Gasteiger partial charge in [0, 0.05) is 45.6 Å². The molecule has 0 bridgehead atoms. The van der Waals surface area contributed by atoms with E-state index in [0.29, 0.717) is 44.4 Å². The number of esters is 2. The molecule has 0 aliphatic carbocycles. The Kier molecular flexibility index (Phi) is 46.4. The molecule has 392 valence electrons. The number of nitrogens with zero attached hydrogens (tertiary/aromatic N) is 3. The number of carbonyl (C=O) groups excluding carboxylic acids is 2. The van der Waals surface area contributed by atoms with E-state index >= 15 is 0 Å². The molecule has 8 heteroatoms. The van der Waals surface area contributed by atoms with E-state index in [-0.39, 0.29) is 18.5 Å². The molecule has 1 N–H and O–H groups in total. The zero-order valence-electron chi connectivity index (χ0n) is 44.9. The lowest BCUT2D eigenvalue weighted by Gasteiger charge is -2.29. The average molecular weight is 935 g/mol. The lowest BCUT2D eigenvalue weighted by Crippen LogP contribution is -2.40. The molecule has 0 radical (unpaired) electrons. The van der Waals surface area contributed by atoms with Gasteiger partial charge in [0.1, 0.15) is 0 Å². The maximum atomic E-state index is 12.9. The van der Waals surface area contributed by atoms with Crippen LogP contribution in [0, 0.1) is 11.8 Å². The van der Waals surface area contributed by atoms with E-state index in [1.165, 1.54) is 206 Å². The molecule has 0 atom stereocenters. The fraction of sp³-hybridized carbons (Fsp3) is 0.966. The average Bonchev–Trinajstić information content (AvgIpc) is 3.85. The second kappa shape index (κ2) is 48.8. The lowest BCUT2D eigenvalue weighted by molar-refractivity contribution is -0.146. The molecule has 0 aromatic rings. The molecular formula is C58H115N3O5. The van der Waals surface area contributed by atoms with Crippen molar-refractivity contribution in [3.05, 3.63) is 0 Å². The summed E-state index contributed by atoms with van der Waals surface area (Å²) in [6.45, 7) is 19.8. The van der Waals surface area contributed by atoms with E-state index < -0.39 is 0 Å². The number of rotatable bonds is 52. The van der Waals surface area contributed by atoms with Crippen molar-refractivity contribution in [1.29, 1.82) is 0 Å². The molecule has 1 heterocycles. The number of ether oxygens (including phenoxy) is 2. The summed E-state index contributed by atoms with van der Waals surface area (Å²) in [5, 5.41) is 9.93. The normalized spacial score (nSPS) is 13.3. The van der Waals surface area contributed by atoms with Crippen LogP contribution in [0.4, 0.5) is 0 Å². The molecule has 1 aliphatic rings. The Morgan fingerprint density at radius 2 is 0.758 bits per heavy atom. The highest BCUT2D eigenvalue weighted by Gasteiger charge is 2.17. The molecule has 0 unspecified atom stereocenters. The van der Waals surface area contributed by atoms with Crippen LogP contribution < -0.4 is 0 Å². The standard InChI is InChI=1S/C58H115N3O5/c1-5-9-13-17-21-27-37-55(38-28-22-18-14-10-6-2)53-65-57(63)41-31-25-33-43-60(48-47-59-45-35-36-46-59)49-50-61(51-52-62)44-34-26-32-42-58(64)66-54-56(39-29-23-19-15-11-7-3)40-30-24-20-16-12-8-4/h55-56,62H,5-54H2,1-4H3. The molecule has 1 fully saturated rings. The van der Waals surface area contributed by atoms with Crippen molar-refractivity contribution in [2.24, 2.45) is 11.8 Å². The minimum absolute atomic E-state index is 0.000405. The topological polar surface area (TPSA) is 82.5 Å². The van der Waals surface area contributed by atoms with Crippen LogP contribution in [0.15, 0.2) is 0 Å². The summed E-state index contributed by atoms with van der Waals surface area (Å²) in [5.41, 5.74) is 0. The Balaban J connectivity index is 2.47. The number of carbonyl (C=O) groups is 2. The predicted octanol–water partition coefficient (Wildman–Crippen LogP) is 15.1. The summed E-state index contributed by atoms with van der Waals surface area (Å²) in [7, 11) is 0. The van der Waals surface area contributed by atoms with E-state index in [9.17, 15) is 14.7 Å². The summed E-state index contributed by atoms with van der Waals surface area (Å²) >= 11 is 0. The molecule has 1 saturated heterocycles. The molecule has 1 aliphatic heterocycles. The second-order valence-corrected chi connectivity index (χ2v) is 20.9. The summed E-state index contributed by atoms with van der Waals surface area (Å²) in [6, 6.07) is 0. The Labute approximate surface area is 411 Å². The van der Waals surface area contributed by atoms with Gasteiger partial charge in [-0.2, -0.15) is 0 Å². The number of likely N-dealkylation sites (tertiary alicyclic amines) is 1. The van der Waals surface area contributed by atoms with E-state index in [1.54, 1.807) is 0 Å². The largest absolute Gasteiger partial charge is 0.465 e. The molecule has 0 aromatic heterocycles. The van der Waals surface area contributed by atoms with Gasteiger partial charge < -0.3 is 24.4 Å². The van der Waals surface area contributed by atoms with Gasteiger partial charge >= 0.3 is 11.9 Å². The quantitative estimate of drug-likeness (QED) is 0.0477. The summed E-state index contributed by atoms with van der Waals surface area (Å²) in [4.78, 5) is 33.4. The van der Waals surface area contributed by atoms with Gasteiger partial charge in [0.25, 0.3) is 0 Å². The molecule has 66 heavy (non-hydrogen) atoms. The van der Waals surface area contributed by atoms with Crippen molar-refractivity contribution in [3.8, 4) is 0 Å². The van der Waals surface area contributed by atoms with Crippen molar-refractivity contribution in [2.75, 3.05) is 78.7 Å². The molecule has 1 rings (SSSR count). The van der Waals surface area contributed by atoms with Crippen molar-refractivity contribution in [3.63, 3.8) is 0 Å². The molecule has 0 spiro atoms. The maximum Gasteiger partial charge on any atom is 0.305 e. The van der Waals surface area contributed by atoms with Crippen molar-refractivity contribution in [1.82, 2.24) is 14.7 Å². The van der Waals surface area contributed by atoms with Crippen LogP contribution in [-0.2, 0) is 19.1 Å². The molecule has 0 saturated carbocycles. The van der Waals surface area contributed by atoms with Crippen LogP contribution in [0.25, 0.3) is 0 Å². The first-order chi connectivity index (χ1) is 32.4. The summed E-state index contributed by atoms with van der Waals surface area (Å²) in [6.07, 6.45) is 46.1. The summed E-state index contributed by atoms with van der Waals surface area (Å²) < 4.78 is 11.8. The Hall–Kier alpha value is -1.22. The smallest absolute Gasteiger partial charge is 0.305 e. The van der Waals surface area contributed by atoms with Gasteiger partial charge in [0.15, 0.2) is 0 Å². The first kappa shape index (κ1) is 62.8. The first-order valence-electron chi connectivity index (χ1n) is 29.5. The van der Waals surface area contributed by atoms with Crippen molar-refractivity contribution < 1.29 is 24.2 Å². The van der Waals surface area contributed by atoms with Gasteiger partial charge in [-0.05, 0) is 102 Å². The fourth-order valence-corrected chi connectivity index (χ4v) is 9.99. The van der Waals surface area contributed by atoms with Crippen molar-refractivity contribution in [2.45, 2.75) is 272 Å². The molecular weight excluding hydrogens is 819 g/mol. The third-order valence-electron chi connectivity index (χ3n) is 14.6. The van der Waals surface area contributed by atoms with Crippen LogP contribution in [0.3, 0.4) is 0 Å². The monoisotopic (exact) mass is 934 g/mol. The third-order valence-corrected chi connectivity index (χ3v) is 14.6. The predicted molar refractivity (Wildman–Crippen MR) is 283 cm³/mol. The second-order valence-electron chi connectivity index (χ2n) is 20.9. The van der Waals surface area contributed by atoms with Crippen LogP contribution >= 0.6 is 0 Å². The summed E-state index contributed by atoms with van der Waals surface area (Å²) in [5.74, 6) is 1.01. The minimum Gasteiger partial charge on any atom is -0.465 e. The Bertz CT molecular complexity index is 993. The van der Waals surface area contributed by atoms with Crippen LogP contribution in [-0.4, -0.2) is 110 Å². The van der Waals surface area contributed by atoms with Crippen LogP contribution in [0.1, 0.15) is 272 Å². The fourth-order valence-electron chi connectivity index (χ4n) is 9.99. The highest BCUT2D eigenvalue weighted by atomic mass is 16.5. The van der Waals surface area contributed by atoms with E-state index in [0.717, 1.165) is 77.8 Å². The number of aliphatic hydroxyl groups is 1. The van der Waals surface area contributed by atoms with Crippen molar-refractivity contribution >= 4 is 11.9 Å². The van der Waals surface area contributed by atoms with E-state index in [4.69, 9.17) is 9.47 Å². The number of hydrogen-bond donors (Lipinski definition) is 1. The minimum atomic E-state index is -0.0186. The number of unbranched alkanes of at least 4 members (excludes halogenated alkanes) is 24. The van der Waals surface area contributed by atoms with E-state index in [1.807, 2.05) is 0 Å². The third kappa shape index (κ3) is 40.6. The van der Waals surface area contributed by atoms with Gasteiger partial charge in [0.05, 0.1) is 19.8 Å². The van der Waals surface area contributed by atoms with E-state index in [2.05, 4.69) is 42.4 Å². The van der Waals surface area contributed by atoms with Crippen LogP contribution in [0.5, 0.6) is 0 Å². The SMILES string of the molecule is CCCCCCCCC(CCCCCCCC)COC(=O)CCCCCN(CCO)CCN(CCCCCC(=O)OCC(CCCCCCCC)CCCCCCCC)CCN1CCCC1. The Morgan fingerprint density at radius 1 is 0.424 bits per heavy atom. The lowest BCUT2D eigenvalue weighted by atomic mass is 9.94. The van der Waals surface area contributed by atoms with Gasteiger partial charge in [-0.25, -0.2) is 0 Å². The number of aliphatic hydroxyl groups excluding tert-OH is 1. The molecule has 0 aromatic carbocycles. The highest BCUT2D eigenvalue weighted by molar-refractivity contribution is 5.69. The van der Waals surface area contributed by atoms with Crippen LogP contribution in [0.2, 0.25) is 0 Å². The first-order valence-corrected chi connectivity index (χ1v) is 29.5.